The monoisotopic (exact) mass is 424 g/mol. The SMILES string of the molecule is COC(=O)c1ccc(CNS(=O)(=O)C2CCN(c3ccccc3)CC2)cc1.Cl. The molecule has 2 aromatic rings. The van der Waals surface area contributed by atoms with Crippen molar-refractivity contribution < 1.29 is 17.9 Å². The molecule has 0 aliphatic carbocycles. The number of para-hydroxylation sites is 1. The average Bonchev–Trinajstić information content (AvgIpc) is 2.73. The van der Waals surface area contributed by atoms with Crippen molar-refractivity contribution in [2.75, 3.05) is 25.1 Å². The molecule has 0 atom stereocenters. The number of hydrogen-bond acceptors (Lipinski definition) is 5. The Bertz CT molecular complexity index is 865. The molecule has 1 heterocycles. The van der Waals surface area contributed by atoms with E-state index in [0.29, 0.717) is 18.4 Å². The molecule has 6 nitrogen and oxygen atoms in total. The van der Waals surface area contributed by atoms with Crippen molar-refractivity contribution >= 4 is 34.1 Å². The van der Waals surface area contributed by atoms with E-state index in [-0.39, 0.29) is 24.2 Å². The van der Waals surface area contributed by atoms with E-state index in [0.717, 1.165) is 24.3 Å². The van der Waals surface area contributed by atoms with Gasteiger partial charge in [-0.2, -0.15) is 0 Å². The molecule has 1 fully saturated rings. The molecule has 3 rings (SSSR count). The number of benzene rings is 2. The Kier molecular flexibility index (Phi) is 7.86. The van der Waals surface area contributed by atoms with E-state index in [1.165, 1.54) is 7.11 Å². The number of rotatable bonds is 6. The van der Waals surface area contributed by atoms with Gasteiger partial charge in [-0.3, -0.25) is 0 Å². The maximum Gasteiger partial charge on any atom is 0.337 e. The molecule has 1 aliphatic rings. The second-order valence-electron chi connectivity index (χ2n) is 6.58. The number of halogens is 1. The molecule has 0 bridgehead atoms. The van der Waals surface area contributed by atoms with Crippen LogP contribution in [0.2, 0.25) is 0 Å². The second-order valence-corrected chi connectivity index (χ2v) is 8.62. The molecule has 1 saturated heterocycles. The zero-order valence-corrected chi connectivity index (χ0v) is 17.3. The lowest BCUT2D eigenvalue weighted by molar-refractivity contribution is 0.0600. The molecule has 0 aromatic heterocycles. The summed E-state index contributed by atoms with van der Waals surface area (Å²) in [6, 6.07) is 16.8. The third-order valence-corrected chi connectivity index (χ3v) is 6.75. The Morgan fingerprint density at radius 3 is 2.25 bits per heavy atom. The van der Waals surface area contributed by atoms with Crippen molar-refractivity contribution in [1.29, 1.82) is 0 Å². The molecule has 1 aliphatic heterocycles. The quantitative estimate of drug-likeness (QED) is 0.721. The molecule has 0 saturated carbocycles. The van der Waals surface area contributed by atoms with Gasteiger partial charge in [-0.25, -0.2) is 17.9 Å². The molecule has 2 aromatic carbocycles. The molecule has 0 unspecified atom stereocenters. The van der Waals surface area contributed by atoms with Crippen LogP contribution in [0.25, 0.3) is 0 Å². The van der Waals surface area contributed by atoms with Crippen LogP contribution in [0.15, 0.2) is 54.6 Å². The first-order valence-electron chi connectivity index (χ1n) is 8.95. The minimum absolute atomic E-state index is 0. The van der Waals surface area contributed by atoms with Gasteiger partial charge >= 0.3 is 5.97 Å². The van der Waals surface area contributed by atoms with Crippen LogP contribution in [0, 0.1) is 0 Å². The van der Waals surface area contributed by atoms with Gasteiger partial charge in [0.2, 0.25) is 10.0 Å². The lowest BCUT2D eigenvalue weighted by atomic mass is 10.1. The first-order chi connectivity index (χ1) is 13.0. The highest BCUT2D eigenvalue weighted by Gasteiger charge is 2.29. The number of piperidine rings is 1. The smallest absolute Gasteiger partial charge is 0.337 e. The number of nitrogens with one attached hydrogen (secondary N) is 1. The van der Waals surface area contributed by atoms with Crippen LogP contribution in [0.3, 0.4) is 0 Å². The largest absolute Gasteiger partial charge is 0.465 e. The van der Waals surface area contributed by atoms with E-state index in [1.807, 2.05) is 30.3 Å². The molecule has 0 radical (unpaired) electrons. The number of sulfonamides is 1. The first-order valence-corrected chi connectivity index (χ1v) is 10.5. The van der Waals surface area contributed by atoms with Crippen LogP contribution in [0.1, 0.15) is 28.8 Å². The normalized spacial score (nSPS) is 15.0. The number of carbonyl (C=O) groups is 1. The predicted octanol–water partition coefficient (Wildman–Crippen LogP) is 2.98. The summed E-state index contributed by atoms with van der Waals surface area (Å²) in [7, 11) is -2.06. The maximum absolute atomic E-state index is 12.6. The fraction of sp³-hybridized carbons (Fsp3) is 0.350. The second kappa shape index (κ2) is 9.91. The molecule has 0 spiro atoms. The standard InChI is InChI=1S/C20H24N2O4S.ClH/c1-26-20(23)17-9-7-16(8-10-17)15-21-27(24,25)19-11-13-22(14-12-19)18-5-3-2-4-6-18;/h2-10,19,21H,11-15H2,1H3;1H. The number of nitrogens with zero attached hydrogens (tertiary/aromatic N) is 1. The van der Waals surface area contributed by atoms with E-state index < -0.39 is 16.0 Å². The van der Waals surface area contributed by atoms with E-state index in [4.69, 9.17) is 0 Å². The Morgan fingerprint density at radius 1 is 1.07 bits per heavy atom. The van der Waals surface area contributed by atoms with Crippen LogP contribution in [0.5, 0.6) is 0 Å². The summed E-state index contributed by atoms with van der Waals surface area (Å²) in [5, 5.41) is -0.383. The summed E-state index contributed by atoms with van der Waals surface area (Å²) >= 11 is 0. The summed E-state index contributed by atoms with van der Waals surface area (Å²) in [6.45, 7) is 1.66. The first kappa shape index (κ1) is 22.2. The van der Waals surface area contributed by atoms with Crippen LogP contribution < -0.4 is 9.62 Å². The zero-order valence-electron chi connectivity index (χ0n) is 15.7. The van der Waals surface area contributed by atoms with Crippen molar-refractivity contribution in [3.05, 3.63) is 65.7 Å². The summed E-state index contributed by atoms with van der Waals surface area (Å²) in [5.41, 5.74) is 2.37. The number of hydrogen-bond donors (Lipinski definition) is 1. The van der Waals surface area contributed by atoms with Crippen molar-refractivity contribution in [3.63, 3.8) is 0 Å². The van der Waals surface area contributed by atoms with Gasteiger partial charge in [0.25, 0.3) is 0 Å². The molecule has 0 amide bonds. The zero-order chi connectivity index (χ0) is 19.3. The van der Waals surface area contributed by atoms with Gasteiger partial charge in [-0.05, 0) is 42.7 Å². The number of methoxy groups -OCH3 is 1. The molecule has 8 heteroatoms. The van der Waals surface area contributed by atoms with Crippen molar-refractivity contribution in [2.24, 2.45) is 0 Å². The van der Waals surface area contributed by atoms with Gasteiger partial charge in [0.05, 0.1) is 17.9 Å². The van der Waals surface area contributed by atoms with Gasteiger partial charge in [-0.1, -0.05) is 30.3 Å². The highest BCUT2D eigenvalue weighted by atomic mass is 35.5. The predicted molar refractivity (Wildman–Crippen MR) is 112 cm³/mol. The number of ether oxygens (including phenoxy) is 1. The lowest BCUT2D eigenvalue weighted by Gasteiger charge is -2.33. The van der Waals surface area contributed by atoms with E-state index in [2.05, 4.69) is 14.4 Å². The van der Waals surface area contributed by atoms with Gasteiger partial charge < -0.3 is 9.64 Å². The topological polar surface area (TPSA) is 75.7 Å². The highest BCUT2D eigenvalue weighted by Crippen LogP contribution is 2.23. The van der Waals surface area contributed by atoms with Crippen molar-refractivity contribution in [1.82, 2.24) is 4.72 Å². The number of carbonyl (C=O) groups excluding carboxylic acids is 1. The molecule has 28 heavy (non-hydrogen) atoms. The summed E-state index contributed by atoms with van der Waals surface area (Å²) < 4.78 is 32.6. The van der Waals surface area contributed by atoms with Gasteiger partial charge in [0, 0.05) is 25.3 Å². The summed E-state index contributed by atoms with van der Waals surface area (Å²) in [5.74, 6) is -0.410. The number of anilines is 1. The summed E-state index contributed by atoms with van der Waals surface area (Å²) in [4.78, 5) is 13.7. The average molecular weight is 425 g/mol. The fourth-order valence-electron chi connectivity index (χ4n) is 3.24. The van der Waals surface area contributed by atoms with Crippen molar-refractivity contribution in [2.45, 2.75) is 24.6 Å². The summed E-state index contributed by atoms with van der Waals surface area (Å²) in [6.07, 6.45) is 1.21. The van der Waals surface area contributed by atoms with E-state index in [9.17, 15) is 13.2 Å². The van der Waals surface area contributed by atoms with Crippen LogP contribution in [0.4, 0.5) is 5.69 Å². The lowest BCUT2D eigenvalue weighted by Crippen LogP contribution is -2.43. The minimum Gasteiger partial charge on any atom is -0.465 e. The van der Waals surface area contributed by atoms with Gasteiger partial charge in [0.15, 0.2) is 0 Å². The third kappa shape index (κ3) is 5.47. The molecular weight excluding hydrogens is 400 g/mol. The van der Waals surface area contributed by atoms with Crippen LogP contribution in [-0.2, 0) is 21.3 Å². The fourth-order valence-corrected chi connectivity index (χ4v) is 4.68. The number of esters is 1. The van der Waals surface area contributed by atoms with E-state index >= 15 is 0 Å². The Hall–Kier alpha value is -2.09. The molecule has 152 valence electrons. The minimum atomic E-state index is -3.39. The molecule has 1 N–H and O–H groups in total. The van der Waals surface area contributed by atoms with Gasteiger partial charge in [0.1, 0.15) is 0 Å². The Morgan fingerprint density at radius 2 is 1.68 bits per heavy atom. The van der Waals surface area contributed by atoms with Crippen LogP contribution >= 0.6 is 12.4 Å². The van der Waals surface area contributed by atoms with Crippen molar-refractivity contribution in [3.8, 4) is 0 Å². The van der Waals surface area contributed by atoms with E-state index in [1.54, 1.807) is 24.3 Å². The maximum atomic E-state index is 12.6. The molecular formula is C20H25ClN2O4S. The van der Waals surface area contributed by atoms with Crippen LogP contribution in [-0.4, -0.2) is 39.8 Å². The Labute approximate surface area is 172 Å². The Balaban J connectivity index is 0.00000280. The van der Waals surface area contributed by atoms with Gasteiger partial charge in [-0.15, -0.1) is 12.4 Å². The third-order valence-electron chi connectivity index (χ3n) is 4.85. The highest BCUT2D eigenvalue weighted by molar-refractivity contribution is 7.90.